The van der Waals surface area contributed by atoms with Crippen LogP contribution in [0.5, 0.6) is 0 Å². The first-order chi connectivity index (χ1) is 11.5. The molecule has 24 heavy (non-hydrogen) atoms. The molecule has 0 spiro atoms. The maximum absolute atomic E-state index is 12.5. The summed E-state index contributed by atoms with van der Waals surface area (Å²) in [6.45, 7) is 5.21. The fraction of sp³-hybridized carbons (Fsp3) is 0.562. The average Bonchev–Trinajstić information content (AvgIpc) is 2.96. The lowest BCUT2D eigenvalue weighted by molar-refractivity contribution is 0.144. The monoisotopic (exact) mass is 337 g/mol. The van der Waals surface area contributed by atoms with Crippen LogP contribution in [0, 0.1) is 12.8 Å². The summed E-state index contributed by atoms with van der Waals surface area (Å²) in [6, 6.07) is 2.97. The van der Waals surface area contributed by atoms with Gasteiger partial charge in [0, 0.05) is 24.8 Å². The molecule has 2 aromatic heterocycles. The van der Waals surface area contributed by atoms with Gasteiger partial charge in [-0.25, -0.2) is 13.8 Å². The summed E-state index contributed by atoms with van der Waals surface area (Å²) in [5.41, 5.74) is 1.23. The molecule has 0 atom stereocenters. The van der Waals surface area contributed by atoms with E-state index < -0.39 is 17.7 Å². The molecule has 0 aliphatic carbocycles. The van der Waals surface area contributed by atoms with Crippen molar-refractivity contribution < 1.29 is 8.78 Å². The van der Waals surface area contributed by atoms with E-state index in [1.807, 2.05) is 13.0 Å². The molecule has 0 bridgehead atoms. The van der Waals surface area contributed by atoms with Crippen LogP contribution in [-0.4, -0.2) is 37.7 Å². The van der Waals surface area contributed by atoms with Crippen molar-refractivity contribution in [2.75, 3.05) is 13.1 Å². The lowest BCUT2D eigenvalue weighted by atomic mass is 9.96. The minimum absolute atomic E-state index is 0.360. The van der Waals surface area contributed by atoms with E-state index in [4.69, 9.17) is 0 Å². The number of aromatic nitrogens is 4. The summed E-state index contributed by atoms with van der Waals surface area (Å²) >= 11 is 0. The predicted octanol–water partition coefficient (Wildman–Crippen LogP) is 2.12. The highest BCUT2D eigenvalue weighted by Gasteiger charge is 2.21. The number of nitrogens with zero attached hydrogens (tertiary/aromatic N) is 4. The van der Waals surface area contributed by atoms with Gasteiger partial charge in [0.15, 0.2) is 0 Å². The number of likely N-dealkylation sites (tertiary alicyclic amines) is 1. The van der Waals surface area contributed by atoms with E-state index in [2.05, 4.69) is 20.1 Å². The van der Waals surface area contributed by atoms with Crippen LogP contribution in [0.15, 0.2) is 23.3 Å². The molecular weight excluding hydrogens is 316 g/mol. The molecule has 1 fully saturated rings. The van der Waals surface area contributed by atoms with Crippen molar-refractivity contribution in [1.29, 1.82) is 0 Å². The molecule has 8 heteroatoms. The van der Waals surface area contributed by atoms with Crippen LogP contribution in [-0.2, 0) is 13.1 Å². The molecule has 0 amide bonds. The zero-order valence-corrected chi connectivity index (χ0v) is 13.6. The first-order valence-corrected chi connectivity index (χ1v) is 8.09. The van der Waals surface area contributed by atoms with Gasteiger partial charge in [-0.2, -0.15) is 5.10 Å². The summed E-state index contributed by atoms with van der Waals surface area (Å²) in [7, 11) is 0. The number of halogens is 2. The van der Waals surface area contributed by atoms with Crippen LogP contribution in [0.2, 0.25) is 0 Å². The molecule has 2 aromatic rings. The summed E-state index contributed by atoms with van der Waals surface area (Å²) < 4.78 is 26.5. The second kappa shape index (κ2) is 7.21. The molecule has 1 aliphatic heterocycles. The van der Waals surface area contributed by atoms with Crippen molar-refractivity contribution in [1.82, 2.24) is 24.6 Å². The molecule has 0 radical (unpaired) electrons. The Morgan fingerprint density at radius 2 is 2.08 bits per heavy atom. The first-order valence-electron chi connectivity index (χ1n) is 8.09. The van der Waals surface area contributed by atoms with Gasteiger partial charge in [0.05, 0.1) is 12.0 Å². The van der Waals surface area contributed by atoms with Gasteiger partial charge >= 0.3 is 0 Å². The zero-order chi connectivity index (χ0) is 17.1. The Balaban J connectivity index is 1.53. The minimum atomic E-state index is -2.71. The number of H-pyrrole nitrogens is 1. The smallest absolute Gasteiger partial charge is 0.280 e. The second-order valence-corrected chi connectivity index (χ2v) is 6.37. The van der Waals surface area contributed by atoms with Gasteiger partial charge in [0.2, 0.25) is 0 Å². The molecule has 1 saturated heterocycles. The van der Waals surface area contributed by atoms with Gasteiger partial charge in [-0.1, -0.05) is 0 Å². The quantitative estimate of drug-likeness (QED) is 0.908. The van der Waals surface area contributed by atoms with E-state index in [9.17, 15) is 13.6 Å². The van der Waals surface area contributed by atoms with Crippen LogP contribution in [0.1, 0.15) is 36.3 Å². The van der Waals surface area contributed by atoms with E-state index in [0.29, 0.717) is 12.5 Å². The molecule has 3 heterocycles. The standard InChI is InChI=1S/C16H21F2N5O/c1-11-6-13(21-20-11)9-22-4-2-12(3-5-22)8-23-10-19-14(16(17)18)7-15(23)24/h6-7,10,12,16H,2-5,8-9H2,1H3,(H,20,21). The number of nitrogens with one attached hydrogen (secondary N) is 1. The number of hydrogen-bond acceptors (Lipinski definition) is 4. The van der Waals surface area contributed by atoms with Gasteiger partial charge in [-0.15, -0.1) is 0 Å². The van der Waals surface area contributed by atoms with E-state index >= 15 is 0 Å². The van der Waals surface area contributed by atoms with Crippen molar-refractivity contribution in [3.63, 3.8) is 0 Å². The Hall–Kier alpha value is -2.09. The summed E-state index contributed by atoms with van der Waals surface area (Å²) in [6.07, 6.45) is 0.461. The van der Waals surface area contributed by atoms with E-state index in [1.54, 1.807) is 0 Å². The Bertz CT molecular complexity index is 734. The zero-order valence-electron chi connectivity index (χ0n) is 13.6. The van der Waals surface area contributed by atoms with Crippen LogP contribution in [0.25, 0.3) is 0 Å². The third-order valence-corrected chi connectivity index (χ3v) is 4.43. The number of rotatable bonds is 5. The Labute approximate surface area is 138 Å². The fourth-order valence-electron chi connectivity index (χ4n) is 3.09. The van der Waals surface area contributed by atoms with E-state index in [0.717, 1.165) is 49.9 Å². The Morgan fingerprint density at radius 3 is 2.67 bits per heavy atom. The molecule has 1 N–H and O–H groups in total. The maximum atomic E-state index is 12.5. The minimum Gasteiger partial charge on any atom is -0.299 e. The van der Waals surface area contributed by atoms with Crippen LogP contribution >= 0.6 is 0 Å². The second-order valence-electron chi connectivity index (χ2n) is 6.37. The van der Waals surface area contributed by atoms with Crippen molar-refractivity contribution in [3.8, 4) is 0 Å². The van der Waals surface area contributed by atoms with E-state index in [-0.39, 0.29) is 0 Å². The lowest BCUT2D eigenvalue weighted by Gasteiger charge is -2.31. The normalized spacial score (nSPS) is 16.8. The van der Waals surface area contributed by atoms with Crippen molar-refractivity contribution in [3.05, 3.63) is 45.9 Å². The van der Waals surface area contributed by atoms with Gasteiger partial charge < -0.3 is 0 Å². The third-order valence-electron chi connectivity index (χ3n) is 4.43. The topological polar surface area (TPSA) is 66.8 Å². The molecule has 6 nitrogen and oxygen atoms in total. The van der Waals surface area contributed by atoms with Gasteiger partial charge in [-0.3, -0.25) is 19.4 Å². The summed E-state index contributed by atoms with van der Waals surface area (Å²) in [4.78, 5) is 17.9. The highest BCUT2D eigenvalue weighted by Crippen LogP contribution is 2.20. The molecule has 0 unspecified atom stereocenters. The highest BCUT2D eigenvalue weighted by atomic mass is 19.3. The predicted molar refractivity (Wildman–Crippen MR) is 84.8 cm³/mol. The maximum Gasteiger partial charge on any atom is 0.280 e. The number of piperidine rings is 1. The number of aryl methyl sites for hydroxylation is 1. The molecule has 1 aliphatic rings. The van der Waals surface area contributed by atoms with Gasteiger partial charge in [-0.05, 0) is 44.8 Å². The SMILES string of the molecule is Cc1cc(CN2CCC(Cn3cnc(C(F)F)cc3=O)CC2)n[nH]1. The number of hydrogen-bond donors (Lipinski definition) is 1. The molecular formula is C16H21F2N5O. The van der Waals surface area contributed by atoms with Crippen LogP contribution in [0.4, 0.5) is 8.78 Å². The first kappa shape index (κ1) is 16.8. The molecule has 0 aromatic carbocycles. The molecule has 0 saturated carbocycles. The van der Waals surface area contributed by atoms with Crippen molar-refractivity contribution >= 4 is 0 Å². The van der Waals surface area contributed by atoms with Gasteiger partial charge in [0.1, 0.15) is 5.69 Å². The molecule has 130 valence electrons. The average molecular weight is 337 g/mol. The number of aromatic amines is 1. The van der Waals surface area contributed by atoms with Crippen LogP contribution < -0.4 is 5.56 Å². The largest absolute Gasteiger partial charge is 0.299 e. The summed E-state index contributed by atoms with van der Waals surface area (Å²) in [5, 5.41) is 7.19. The van der Waals surface area contributed by atoms with E-state index in [1.165, 1.54) is 10.9 Å². The molecule has 3 rings (SSSR count). The Kier molecular flexibility index (Phi) is 5.03. The third kappa shape index (κ3) is 4.05. The van der Waals surface area contributed by atoms with Crippen molar-refractivity contribution in [2.45, 2.75) is 39.3 Å². The Morgan fingerprint density at radius 1 is 1.33 bits per heavy atom. The summed E-state index contributed by atoms with van der Waals surface area (Å²) in [5.74, 6) is 0.360. The van der Waals surface area contributed by atoms with Crippen LogP contribution in [0.3, 0.4) is 0 Å². The number of alkyl halides is 2. The highest BCUT2D eigenvalue weighted by molar-refractivity contribution is 5.06. The van der Waals surface area contributed by atoms with Crippen molar-refractivity contribution in [2.24, 2.45) is 5.92 Å². The van der Waals surface area contributed by atoms with Gasteiger partial charge in [0.25, 0.3) is 12.0 Å². The fourth-order valence-corrected chi connectivity index (χ4v) is 3.09. The lowest BCUT2D eigenvalue weighted by Crippen LogP contribution is -2.36.